The number of likely N-dealkylation sites (tertiary alicyclic amines) is 1. The molecule has 2 unspecified atom stereocenters. The Kier molecular flexibility index (Phi) is 9.75. The summed E-state index contributed by atoms with van der Waals surface area (Å²) in [5, 5.41) is 7.09. The summed E-state index contributed by atoms with van der Waals surface area (Å²) in [6, 6.07) is 22.2. The number of hydrogen-bond donors (Lipinski definition) is 2. The third-order valence-corrected chi connectivity index (χ3v) is 6.14. The molecule has 7 heteroatoms. The predicted octanol–water partition coefficient (Wildman–Crippen LogP) is 3.92. The van der Waals surface area contributed by atoms with Gasteiger partial charge in [-0.3, -0.25) is 9.89 Å². The largest absolute Gasteiger partial charge is 0.356 e. The van der Waals surface area contributed by atoms with Crippen LogP contribution in [0.5, 0.6) is 0 Å². The maximum absolute atomic E-state index is 4.55. The van der Waals surface area contributed by atoms with Gasteiger partial charge in [0.1, 0.15) is 5.82 Å². The van der Waals surface area contributed by atoms with Crippen molar-refractivity contribution in [2.75, 3.05) is 20.1 Å². The Morgan fingerprint density at radius 3 is 2.36 bits per heavy atom. The average Bonchev–Trinajstić information content (AvgIpc) is 3.40. The van der Waals surface area contributed by atoms with Crippen LogP contribution in [0.1, 0.15) is 30.3 Å². The molecule has 2 N–H and O–H groups in total. The molecule has 0 aliphatic carbocycles. The lowest BCUT2D eigenvalue weighted by Gasteiger charge is -2.21. The molecule has 1 aliphatic rings. The minimum atomic E-state index is 0. The highest BCUT2D eigenvalue weighted by Gasteiger charge is 2.29. The zero-order valence-corrected chi connectivity index (χ0v) is 21.9. The minimum absolute atomic E-state index is 0. The van der Waals surface area contributed by atoms with E-state index in [0.29, 0.717) is 12.1 Å². The predicted molar refractivity (Wildman–Crippen MR) is 146 cm³/mol. The Morgan fingerprint density at radius 2 is 1.70 bits per heavy atom. The zero-order valence-electron chi connectivity index (χ0n) is 19.5. The van der Waals surface area contributed by atoms with Gasteiger partial charge in [-0.1, -0.05) is 60.7 Å². The summed E-state index contributed by atoms with van der Waals surface area (Å²) in [4.78, 5) is 11.5. The van der Waals surface area contributed by atoms with Crippen molar-refractivity contribution in [1.82, 2.24) is 25.1 Å². The molecule has 1 saturated heterocycles. The van der Waals surface area contributed by atoms with Crippen LogP contribution < -0.4 is 10.6 Å². The van der Waals surface area contributed by atoms with Crippen molar-refractivity contribution in [3.63, 3.8) is 0 Å². The van der Waals surface area contributed by atoms with E-state index in [-0.39, 0.29) is 24.0 Å². The summed E-state index contributed by atoms with van der Waals surface area (Å²) in [5.74, 6) is 1.95. The van der Waals surface area contributed by atoms with E-state index in [1.807, 2.05) is 19.3 Å². The first-order valence-electron chi connectivity index (χ1n) is 11.5. The van der Waals surface area contributed by atoms with Crippen LogP contribution in [0.4, 0.5) is 0 Å². The second-order valence-corrected chi connectivity index (χ2v) is 8.55. The van der Waals surface area contributed by atoms with Crippen LogP contribution in [0.15, 0.2) is 78.0 Å². The molecule has 2 atom stereocenters. The maximum atomic E-state index is 4.55. The molecule has 2 aromatic carbocycles. The Morgan fingerprint density at radius 1 is 1.03 bits per heavy atom. The first kappa shape index (κ1) is 25.2. The van der Waals surface area contributed by atoms with E-state index in [4.69, 9.17) is 0 Å². The molecular weight excluding hydrogens is 523 g/mol. The molecule has 4 rings (SSSR count). The fraction of sp³-hybridized carbons (Fsp3) is 0.385. The molecule has 6 nitrogen and oxygen atoms in total. The fourth-order valence-corrected chi connectivity index (χ4v) is 4.41. The number of rotatable bonds is 8. The Balaban J connectivity index is 0.00000306. The van der Waals surface area contributed by atoms with Gasteiger partial charge < -0.3 is 15.2 Å². The van der Waals surface area contributed by atoms with Gasteiger partial charge in [0.15, 0.2) is 5.96 Å². The third-order valence-electron chi connectivity index (χ3n) is 6.14. The quantitative estimate of drug-likeness (QED) is 0.250. The van der Waals surface area contributed by atoms with E-state index >= 15 is 0 Å². The lowest BCUT2D eigenvalue weighted by atomic mass is 10.2. The van der Waals surface area contributed by atoms with Gasteiger partial charge in [-0.2, -0.15) is 0 Å². The van der Waals surface area contributed by atoms with Gasteiger partial charge in [-0.25, -0.2) is 4.98 Å². The summed E-state index contributed by atoms with van der Waals surface area (Å²) in [5.41, 5.74) is 2.65. The van der Waals surface area contributed by atoms with Crippen LogP contribution in [0, 0.1) is 0 Å². The summed E-state index contributed by atoms with van der Waals surface area (Å²) in [6.45, 7) is 5.98. The highest BCUT2D eigenvalue weighted by atomic mass is 127. The number of guanidine groups is 1. The van der Waals surface area contributed by atoms with E-state index in [0.717, 1.165) is 50.8 Å². The Hall–Kier alpha value is -2.39. The number of benzene rings is 2. The van der Waals surface area contributed by atoms with Gasteiger partial charge in [0.25, 0.3) is 0 Å². The molecule has 0 bridgehead atoms. The average molecular weight is 559 g/mol. The highest BCUT2D eigenvalue weighted by Crippen LogP contribution is 2.20. The third kappa shape index (κ3) is 7.30. The van der Waals surface area contributed by atoms with Crippen molar-refractivity contribution < 1.29 is 0 Å². The van der Waals surface area contributed by atoms with Gasteiger partial charge in [0.2, 0.25) is 0 Å². The topological polar surface area (TPSA) is 57.5 Å². The molecule has 176 valence electrons. The van der Waals surface area contributed by atoms with Crippen LogP contribution in [-0.2, 0) is 19.5 Å². The smallest absolute Gasteiger partial charge is 0.191 e. The lowest BCUT2D eigenvalue weighted by Crippen LogP contribution is -2.45. The van der Waals surface area contributed by atoms with E-state index in [9.17, 15) is 0 Å². The Labute approximate surface area is 214 Å². The normalized spacial score (nSPS) is 18.7. The summed E-state index contributed by atoms with van der Waals surface area (Å²) in [6.07, 6.45) is 5.90. The Bertz CT molecular complexity index is 988. The van der Waals surface area contributed by atoms with E-state index in [1.165, 1.54) is 11.1 Å². The lowest BCUT2D eigenvalue weighted by molar-refractivity contribution is 0.258. The van der Waals surface area contributed by atoms with E-state index in [1.54, 1.807) is 0 Å². The minimum Gasteiger partial charge on any atom is -0.356 e. The van der Waals surface area contributed by atoms with Crippen molar-refractivity contribution in [3.8, 4) is 0 Å². The number of nitrogens with zero attached hydrogens (tertiary/aromatic N) is 4. The van der Waals surface area contributed by atoms with Crippen molar-refractivity contribution in [2.45, 2.75) is 44.9 Å². The van der Waals surface area contributed by atoms with Gasteiger partial charge >= 0.3 is 0 Å². The van der Waals surface area contributed by atoms with E-state index in [2.05, 4.69) is 97.8 Å². The van der Waals surface area contributed by atoms with Crippen LogP contribution in [-0.4, -0.2) is 52.6 Å². The van der Waals surface area contributed by atoms with Crippen molar-refractivity contribution in [1.29, 1.82) is 0 Å². The van der Waals surface area contributed by atoms with Gasteiger partial charge in [-0.15, -0.1) is 24.0 Å². The van der Waals surface area contributed by atoms with E-state index < -0.39 is 0 Å². The molecule has 33 heavy (non-hydrogen) atoms. The van der Waals surface area contributed by atoms with Gasteiger partial charge in [-0.05, 0) is 24.5 Å². The highest BCUT2D eigenvalue weighted by molar-refractivity contribution is 14.0. The molecule has 1 aromatic heterocycles. The monoisotopic (exact) mass is 558 g/mol. The van der Waals surface area contributed by atoms with Crippen LogP contribution >= 0.6 is 24.0 Å². The number of nitrogens with one attached hydrogen (secondary N) is 2. The number of aromatic nitrogens is 2. The molecule has 1 aliphatic heterocycles. The maximum Gasteiger partial charge on any atom is 0.191 e. The molecule has 1 fully saturated rings. The zero-order chi connectivity index (χ0) is 22.2. The van der Waals surface area contributed by atoms with Gasteiger partial charge in [0.05, 0.1) is 0 Å². The first-order chi connectivity index (χ1) is 15.7. The van der Waals surface area contributed by atoms with Crippen molar-refractivity contribution in [2.24, 2.45) is 4.99 Å². The van der Waals surface area contributed by atoms with Crippen molar-refractivity contribution >= 4 is 29.9 Å². The second kappa shape index (κ2) is 12.7. The molecule has 3 aromatic rings. The molecule has 0 spiro atoms. The SMILES string of the molecule is CN=C(NCCc1nccn1Cc1ccccc1)NC1CC(C)N(Cc2ccccc2)C1.I. The van der Waals surface area contributed by atoms with Crippen molar-refractivity contribution in [3.05, 3.63) is 90.0 Å². The molecule has 0 radical (unpaired) electrons. The summed E-state index contributed by atoms with van der Waals surface area (Å²) >= 11 is 0. The molecule has 0 amide bonds. The van der Waals surface area contributed by atoms with Crippen LogP contribution in [0.25, 0.3) is 0 Å². The number of aliphatic imine (C=N–C) groups is 1. The first-order valence-corrected chi connectivity index (χ1v) is 11.5. The van der Waals surface area contributed by atoms with Gasteiger partial charge in [0, 0.05) is 64.1 Å². The molecule has 0 saturated carbocycles. The van der Waals surface area contributed by atoms with Crippen LogP contribution in [0.3, 0.4) is 0 Å². The van der Waals surface area contributed by atoms with Crippen LogP contribution in [0.2, 0.25) is 0 Å². The number of imidazole rings is 1. The standard InChI is InChI=1S/C26H34N6.HI/c1-21-17-24(20-32(21)19-23-11-7-4-8-12-23)30-26(27-2)29-14-13-25-28-15-16-31(25)18-22-9-5-3-6-10-22;/h3-12,15-16,21,24H,13-14,17-20H2,1-2H3,(H2,27,29,30);1H. The molecule has 2 heterocycles. The number of hydrogen-bond acceptors (Lipinski definition) is 3. The number of halogens is 1. The summed E-state index contributed by atoms with van der Waals surface area (Å²) in [7, 11) is 1.84. The summed E-state index contributed by atoms with van der Waals surface area (Å²) < 4.78 is 2.22. The fourth-order valence-electron chi connectivity index (χ4n) is 4.41. The second-order valence-electron chi connectivity index (χ2n) is 8.55. The molecular formula is C26H35IN6.